The van der Waals surface area contributed by atoms with E-state index in [0.717, 1.165) is 12.8 Å². The highest BCUT2D eigenvalue weighted by atomic mass is 16.5. The Labute approximate surface area is 114 Å². The third-order valence-corrected chi connectivity index (χ3v) is 3.23. The normalized spacial score (nSPS) is 17.8. The average molecular weight is 283 g/mol. The fraction of sp³-hybridized carbons (Fsp3) is 0.583. The van der Waals surface area contributed by atoms with E-state index in [1.807, 2.05) is 0 Å². The number of hydrogen-bond donors (Lipinski definition) is 3. The van der Waals surface area contributed by atoms with Crippen LogP contribution in [0.25, 0.3) is 0 Å². The Morgan fingerprint density at radius 2 is 2.20 bits per heavy atom. The smallest absolute Gasteiger partial charge is 0.328 e. The zero-order valence-corrected chi connectivity index (χ0v) is 10.9. The summed E-state index contributed by atoms with van der Waals surface area (Å²) in [5.41, 5.74) is -1.12. The molecule has 0 aromatic carbocycles. The maximum atomic E-state index is 11.6. The molecule has 0 amide bonds. The van der Waals surface area contributed by atoms with Crippen molar-refractivity contribution in [3.8, 4) is 0 Å². The lowest BCUT2D eigenvalue weighted by Crippen LogP contribution is -2.49. The van der Waals surface area contributed by atoms with Crippen LogP contribution < -0.4 is 16.6 Å². The van der Waals surface area contributed by atoms with Crippen LogP contribution in [0.4, 0.5) is 0 Å². The summed E-state index contributed by atoms with van der Waals surface area (Å²) in [5.74, 6) is -1.03. The van der Waals surface area contributed by atoms with E-state index in [9.17, 15) is 19.5 Å². The van der Waals surface area contributed by atoms with E-state index in [0.29, 0.717) is 13.2 Å². The van der Waals surface area contributed by atoms with Crippen molar-refractivity contribution in [2.45, 2.75) is 31.5 Å². The predicted octanol–water partition coefficient (Wildman–Crippen LogP) is -1.24. The predicted molar refractivity (Wildman–Crippen MR) is 69.7 cm³/mol. The summed E-state index contributed by atoms with van der Waals surface area (Å²) in [6.07, 6.45) is 2.78. The average Bonchev–Trinajstić information content (AvgIpc) is 2.42. The second-order valence-corrected chi connectivity index (χ2v) is 4.71. The highest BCUT2D eigenvalue weighted by Gasteiger charge is 2.23. The zero-order valence-electron chi connectivity index (χ0n) is 10.9. The van der Waals surface area contributed by atoms with Crippen LogP contribution in [0.2, 0.25) is 0 Å². The van der Waals surface area contributed by atoms with E-state index in [4.69, 9.17) is 4.74 Å². The molecule has 2 heterocycles. The van der Waals surface area contributed by atoms with E-state index in [2.05, 4.69) is 10.3 Å². The number of aromatic amines is 1. The third-order valence-electron chi connectivity index (χ3n) is 3.23. The second kappa shape index (κ2) is 6.49. The maximum absolute atomic E-state index is 11.6. The van der Waals surface area contributed by atoms with Gasteiger partial charge in [0, 0.05) is 31.5 Å². The van der Waals surface area contributed by atoms with Gasteiger partial charge in [-0.15, -0.1) is 0 Å². The lowest BCUT2D eigenvalue weighted by Gasteiger charge is -2.26. The van der Waals surface area contributed by atoms with Gasteiger partial charge in [-0.2, -0.15) is 0 Å². The quantitative estimate of drug-likeness (QED) is 0.623. The molecule has 0 aliphatic carbocycles. The van der Waals surface area contributed by atoms with Crippen LogP contribution in [0.1, 0.15) is 12.8 Å². The molecule has 1 aromatic heterocycles. The minimum Gasteiger partial charge on any atom is -0.480 e. The van der Waals surface area contributed by atoms with E-state index in [-0.39, 0.29) is 12.6 Å². The summed E-state index contributed by atoms with van der Waals surface area (Å²) in [6.45, 7) is 1.16. The first kappa shape index (κ1) is 14.5. The molecule has 1 aliphatic heterocycles. The van der Waals surface area contributed by atoms with Crippen molar-refractivity contribution in [1.82, 2.24) is 14.9 Å². The fourth-order valence-electron chi connectivity index (χ4n) is 2.14. The monoisotopic (exact) mass is 283 g/mol. The number of carboxylic acid groups (broad SMARTS) is 1. The molecule has 1 fully saturated rings. The Morgan fingerprint density at radius 3 is 2.80 bits per heavy atom. The van der Waals surface area contributed by atoms with Crippen LogP contribution in [-0.4, -0.2) is 45.9 Å². The summed E-state index contributed by atoms with van der Waals surface area (Å²) in [6, 6.07) is 0.361. The first-order chi connectivity index (χ1) is 9.56. The summed E-state index contributed by atoms with van der Waals surface area (Å²) < 4.78 is 6.38. The molecule has 3 N–H and O–H groups in total. The Morgan fingerprint density at radius 1 is 1.50 bits per heavy atom. The lowest BCUT2D eigenvalue weighted by atomic mass is 10.1. The topological polar surface area (TPSA) is 113 Å². The van der Waals surface area contributed by atoms with E-state index in [1.165, 1.54) is 16.8 Å². The second-order valence-electron chi connectivity index (χ2n) is 4.71. The van der Waals surface area contributed by atoms with Crippen molar-refractivity contribution in [2.24, 2.45) is 0 Å². The van der Waals surface area contributed by atoms with Crippen LogP contribution in [0.5, 0.6) is 0 Å². The number of ether oxygens (including phenoxy) is 1. The van der Waals surface area contributed by atoms with Crippen LogP contribution >= 0.6 is 0 Å². The molecule has 110 valence electrons. The molecule has 1 saturated heterocycles. The van der Waals surface area contributed by atoms with Crippen molar-refractivity contribution in [2.75, 3.05) is 13.2 Å². The number of nitrogens with zero attached hydrogens (tertiary/aromatic N) is 1. The summed E-state index contributed by atoms with van der Waals surface area (Å²) in [4.78, 5) is 35.9. The lowest BCUT2D eigenvalue weighted by molar-refractivity contribution is -0.140. The van der Waals surface area contributed by atoms with Crippen LogP contribution in [0.3, 0.4) is 0 Å². The van der Waals surface area contributed by atoms with Gasteiger partial charge in [-0.1, -0.05) is 0 Å². The SMILES string of the molecule is O=C(O)C(Cn1ccc(=O)[nH]c1=O)NC1CCOCC1. The van der Waals surface area contributed by atoms with Gasteiger partial charge in [0.1, 0.15) is 6.04 Å². The molecule has 1 aromatic rings. The van der Waals surface area contributed by atoms with Crippen molar-refractivity contribution in [1.29, 1.82) is 0 Å². The minimum atomic E-state index is -1.03. The summed E-state index contributed by atoms with van der Waals surface area (Å²) >= 11 is 0. The molecule has 8 heteroatoms. The van der Waals surface area contributed by atoms with Gasteiger partial charge in [0.15, 0.2) is 0 Å². The number of H-pyrrole nitrogens is 1. The molecule has 0 radical (unpaired) electrons. The molecule has 0 bridgehead atoms. The number of carboxylic acids is 1. The molecular formula is C12H17N3O5. The molecule has 1 aliphatic rings. The van der Waals surface area contributed by atoms with Crippen LogP contribution in [0.15, 0.2) is 21.9 Å². The number of nitrogens with one attached hydrogen (secondary N) is 2. The van der Waals surface area contributed by atoms with Gasteiger partial charge in [-0.05, 0) is 12.8 Å². The highest BCUT2D eigenvalue weighted by molar-refractivity contribution is 5.73. The van der Waals surface area contributed by atoms with Gasteiger partial charge in [0.2, 0.25) is 0 Å². The van der Waals surface area contributed by atoms with Crippen molar-refractivity contribution in [3.05, 3.63) is 33.1 Å². The standard InChI is InChI=1S/C12H17N3O5/c16-10-1-4-15(12(19)14-10)7-9(11(17)18)13-8-2-5-20-6-3-8/h1,4,8-9,13H,2-3,5-7H2,(H,17,18)(H,14,16,19). The Kier molecular flexibility index (Phi) is 4.70. The highest BCUT2D eigenvalue weighted by Crippen LogP contribution is 2.07. The van der Waals surface area contributed by atoms with Gasteiger partial charge in [-0.25, -0.2) is 4.79 Å². The van der Waals surface area contributed by atoms with Crippen molar-refractivity contribution in [3.63, 3.8) is 0 Å². The van der Waals surface area contributed by atoms with E-state index < -0.39 is 23.3 Å². The Hall–Kier alpha value is -1.93. The number of aromatic nitrogens is 2. The largest absolute Gasteiger partial charge is 0.480 e. The zero-order chi connectivity index (χ0) is 14.5. The van der Waals surface area contributed by atoms with Gasteiger partial charge >= 0.3 is 11.7 Å². The molecular weight excluding hydrogens is 266 g/mol. The minimum absolute atomic E-state index is 0.0394. The van der Waals surface area contributed by atoms with Gasteiger partial charge in [-0.3, -0.25) is 24.5 Å². The van der Waals surface area contributed by atoms with Gasteiger partial charge < -0.3 is 9.84 Å². The number of rotatable bonds is 5. The molecule has 0 saturated carbocycles. The third kappa shape index (κ3) is 3.78. The first-order valence-electron chi connectivity index (χ1n) is 6.42. The molecule has 1 unspecified atom stereocenters. The first-order valence-corrected chi connectivity index (χ1v) is 6.42. The summed E-state index contributed by atoms with van der Waals surface area (Å²) in [5, 5.41) is 12.2. The van der Waals surface area contributed by atoms with Crippen LogP contribution in [-0.2, 0) is 16.1 Å². The van der Waals surface area contributed by atoms with Crippen molar-refractivity contribution >= 4 is 5.97 Å². The Balaban J connectivity index is 2.06. The molecule has 8 nitrogen and oxygen atoms in total. The maximum Gasteiger partial charge on any atom is 0.328 e. The van der Waals surface area contributed by atoms with Gasteiger partial charge in [0.05, 0.1) is 6.54 Å². The molecule has 2 rings (SSSR count). The Bertz CT molecular complexity index is 573. The molecule has 0 spiro atoms. The van der Waals surface area contributed by atoms with E-state index >= 15 is 0 Å². The van der Waals surface area contributed by atoms with Crippen LogP contribution in [0, 0.1) is 0 Å². The van der Waals surface area contributed by atoms with E-state index in [1.54, 1.807) is 0 Å². The van der Waals surface area contributed by atoms with Crippen molar-refractivity contribution < 1.29 is 14.6 Å². The summed E-state index contributed by atoms with van der Waals surface area (Å²) in [7, 11) is 0. The van der Waals surface area contributed by atoms with Gasteiger partial charge in [0.25, 0.3) is 5.56 Å². The number of aliphatic carboxylic acids is 1. The number of carbonyl (C=O) groups is 1. The fourth-order valence-corrected chi connectivity index (χ4v) is 2.14. The molecule has 20 heavy (non-hydrogen) atoms. The number of hydrogen-bond acceptors (Lipinski definition) is 5. The molecule has 1 atom stereocenters.